The maximum absolute atomic E-state index is 2.66. The van der Waals surface area contributed by atoms with Gasteiger partial charge >= 0.3 is 0 Å². The molecular weight excluding hydrogens is 483 g/mol. The third kappa shape index (κ3) is 3.43. The van der Waals surface area contributed by atoms with Crippen molar-refractivity contribution in [2.45, 2.75) is 45.1 Å². The lowest BCUT2D eigenvalue weighted by Gasteiger charge is -2.52. The van der Waals surface area contributed by atoms with Gasteiger partial charge in [-0.15, -0.1) is 0 Å². The Morgan fingerprint density at radius 2 is 1.38 bits per heavy atom. The molecule has 0 radical (unpaired) electrons. The Hall–Kier alpha value is -4.24. The van der Waals surface area contributed by atoms with E-state index in [0.29, 0.717) is 6.71 Å². The molecule has 0 fully saturated rings. The van der Waals surface area contributed by atoms with Crippen molar-refractivity contribution in [2.24, 2.45) is 0 Å². The lowest BCUT2D eigenvalue weighted by atomic mass is 9.39. The van der Waals surface area contributed by atoms with Gasteiger partial charge in [-0.3, -0.25) is 0 Å². The van der Waals surface area contributed by atoms with Crippen LogP contribution in [-0.4, -0.2) is 18.8 Å². The zero-order chi connectivity index (χ0) is 26.8. The summed E-state index contributed by atoms with van der Waals surface area (Å²) in [7, 11) is 0. The van der Waals surface area contributed by atoms with Crippen molar-refractivity contribution in [3.63, 3.8) is 0 Å². The summed E-state index contributed by atoms with van der Waals surface area (Å²) in [4.78, 5) is 5.29. The molecule has 194 valence electrons. The molecule has 5 aromatic rings. The van der Waals surface area contributed by atoms with Crippen LogP contribution in [0.15, 0.2) is 103 Å². The van der Waals surface area contributed by atoms with Crippen LogP contribution in [0.3, 0.4) is 0 Å². The number of hydrogen-bond acceptors (Lipinski definition) is 2. The van der Waals surface area contributed by atoms with E-state index in [9.17, 15) is 0 Å². The molecule has 0 bridgehead atoms. The number of hydrogen-bond donors (Lipinski definition) is 0. The zero-order valence-electron chi connectivity index (χ0n) is 23.2. The van der Waals surface area contributed by atoms with Gasteiger partial charge in [-0.05, 0) is 69.3 Å². The maximum Gasteiger partial charge on any atom is 0.212 e. The molecule has 2 unspecified atom stereocenters. The first-order valence-corrected chi connectivity index (χ1v) is 14.8. The highest BCUT2D eigenvalue weighted by atomic mass is 15.3. The van der Waals surface area contributed by atoms with Gasteiger partial charge in [0, 0.05) is 11.4 Å². The third-order valence-corrected chi connectivity index (χ3v) is 9.31. The first-order valence-electron chi connectivity index (χ1n) is 14.8. The molecule has 2 nitrogen and oxygen atoms in total. The van der Waals surface area contributed by atoms with E-state index in [1.807, 2.05) is 0 Å². The van der Waals surface area contributed by atoms with Gasteiger partial charge in [-0.25, -0.2) is 0 Å². The van der Waals surface area contributed by atoms with Crippen molar-refractivity contribution in [3.05, 3.63) is 119 Å². The lowest BCUT2D eigenvalue weighted by molar-refractivity contribution is 0.684. The fraction of sp³-hybridized carbons (Fsp3) is 0.189. The van der Waals surface area contributed by atoms with Crippen molar-refractivity contribution in [1.82, 2.24) is 0 Å². The minimum atomic E-state index is 0.166. The van der Waals surface area contributed by atoms with Gasteiger partial charge in [-0.2, -0.15) is 0 Å². The van der Waals surface area contributed by atoms with Gasteiger partial charge in [0.25, 0.3) is 0 Å². The summed E-state index contributed by atoms with van der Waals surface area (Å²) in [6.45, 7) is 4.97. The van der Waals surface area contributed by atoms with E-state index in [1.54, 1.807) is 0 Å². The number of rotatable bonds is 4. The van der Waals surface area contributed by atoms with E-state index in [0.717, 1.165) is 6.42 Å². The number of nitrogens with zero attached hydrogens (tertiary/aromatic N) is 2. The Labute approximate surface area is 237 Å². The van der Waals surface area contributed by atoms with Crippen LogP contribution in [0.4, 0.5) is 22.7 Å². The number of aryl methyl sites for hydroxylation is 1. The van der Waals surface area contributed by atoms with Crippen LogP contribution in [0, 0.1) is 0 Å². The minimum absolute atomic E-state index is 0.166. The summed E-state index contributed by atoms with van der Waals surface area (Å²) in [5, 5.41) is 5.31. The van der Waals surface area contributed by atoms with Crippen LogP contribution in [0.1, 0.15) is 25.3 Å². The molecule has 2 atom stereocenters. The molecule has 1 aliphatic carbocycles. The number of unbranched alkanes of at least 4 members (excludes halogenated alkanes) is 1. The number of fused-ring (bicyclic) bond motifs is 7. The number of benzene rings is 5. The Bertz CT molecular complexity index is 1890. The van der Waals surface area contributed by atoms with Gasteiger partial charge in [0.05, 0.1) is 23.5 Å². The van der Waals surface area contributed by atoms with Gasteiger partial charge in [-0.1, -0.05) is 117 Å². The fourth-order valence-corrected chi connectivity index (χ4v) is 7.39. The summed E-state index contributed by atoms with van der Waals surface area (Å²) in [5.41, 5.74) is 9.56. The van der Waals surface area contributed by atoms with E-state index in [4.69, 9.17) is 0 Å². The molecule has 5 aromatic carbocycles. The van der Waals surface area contributed by atoms with Crippen LogP contribution < -0.4 is 31.2 Å². The van der Waals surface area contributed by atoms with Gasteiger partial charge in [0.15, 0.2) is 0 Å². The molecular formula is C37H33BN2. The Kier molecular flexibility index (Phi) is 5.41. The Morgan fingerprint density at radius 1 is 0.700 bits per heavy atom. The molecule has 0 spiro atoms. The lowest BCUT2D eigenvalue weighted by Crippen LogP contribution is -2.61. The molecule has 2 heterocycles. The zero-order valence-corrected chi connectivity index (χ0v) is 23.2. The standard InChI is InChI=1S/C37H33BN2/c1-3-4-11-25-18-20-29(21-19-25)39-33-22-26-12-5-6-13-27(26)23-34(33)40-32-17-10-9-16-31(32)38(2)36-30-15-8-7-14-28(30)24-35(39)37(36)40/h5-10,12-24,33-34H,3-4,11H2,1-2H3. The molecule has 0 saturated heterocycles. The molecule has 0 saturated carbocycles. The van der Waals surface area contributed by atoms with Crippen LogP contribution in [0.5, 0.6) is 0 Å². The van der Waals surface area contributed by atoms with Crippen LogP contribution in [0.25, 0.3) is 22.9 Å². The Balaban J connectivity index is 1.45. The van der Waals surface area contributed by atoms with Crippen LogP contribution >= 0.6 is 0 Å². The monoisotopic (exact) mass is 516 g/mol. The van der Waals surface area contributed by atoms with E-state index >= 15 is 0 Å². The molecule has 40 heavy (non-hydrogen) atoms. The Morgan fingerprint density at radius 3 is 2.15 bits per heavy atom. The quantitative estimate of drug-likeness (QED) is 0.269. The normalized spacial score (nSPS) is 18.3. The predicted molar refractivity (Wildman–Crippen MR) is 173 cm³/mol. The first kappa shape index (κ1) is 23.6. The third-order valence-electron chi connectivity index (χ3n) is 9.31. The summed E-state index contributed by atoms with van der Waals surface area (Å²) >= 11 is 0. The van der Waals surface area contributed by atoms with Crippen molar-refractivity contribution >= 4 is 63.3 Å². The molecule has 8 rings (SSSR count). The number of para-hydroxylation sites is 1. The van der Waals surface area contributed by atoms with E-state index in [1.165, 1.54) is 73.3 Å². The smallest absolute Gasteiger partial charge is 0.212 e. The highest BCUT2D eigenvalue weighted by Gasteiger charge is 2.45. The molecule has 0 amide bonds. The second kappa shape index (κ2) is 9.16. The predicted octanol–water partition coefficient (Wildman–Crippen LogP) is 6.04. The van der Waals surface area contributed by atoms with Gasteiger partial charge < -0.3 is 9.80 Å². The van der Waals surface area contributed by atoms with Crippen LogP contribution in [-0.2, 0) is 6.42 Å². The fourth-order valence-electron chi connectivity index (χ4n) is 7.39. The SMILES string of the molecule is CCCCc1ccc(N2c3cc4ccccc4c4c3N(c3ccccc3B4C)C3C=c4ccccc4=CC32)cc1. The van der Waals surface area contributed by atoms with E-state index < -0.39 is 0 Å². The van der Waals surface area contributed by atoms with Crippen molar-refractivity contribution in [1.29, 1.82) is 0 Å². The largest absolute Gasteiger partial charge is 0.331 e. The molecule has 0 aromatic heterocycles. The summed E-state index contributed by atoms with van der Waals surface area (Å²) in [5.74, 6) is 0. The average Bonchev–Trinajstić information content (AvgIpc) is 3.00. The number of anilines is 4. The topological polar surface area (TPSA) is 6.48 Å². The summed E-state index contributed by atoms with van der Waals surface area (Å²) in [6, 6.07) is 39.1. The highest BCUT2D eigenvalue weighted by Crippen LogP contribution is 2.49. The van der Waals surface area contributed by atoms with Crippen molar-refractivity contribution in [2.75, 3.05) is 9.80 Å². The first-order chi connectivity index (χ1) is 19.7. The van der Waals surface area contributed by atoms with Gasteiger partial charge in [0.2, 0.25) is 6.71 Å². The summed E-state index contributed by atoms with van der Waals surface area (Å²) < 4.78 is 0. The van der Waals surface area contributed by atoms with E-state index in [2.05, 4.69) is 139 Å². The average molecular weight is 516 g/mol. The molecule has 3 heteroatoms. The highest BCUT2D eigenvalue weighted by molar-refractivity contribution is 6.89. The van der Waals surface area contributed by atoms with E-state index in [-0.39, 0.29) is 12.1 Å². The van der Waals surface area contributed by atoms with Gasteiger partial charge in [0.1, 0.15) is 0 Å². The molecule has 0 N–H and O–H groups in total. The summed E-state index contributed by atoms with van der Waals surface area (Å²) in [6.07, 6.45) is 8.61. The van der Waals surface area contributed by atoms with Crippen molar-refractivity contribution < 1.29 is 0 Å². The molecule has 2 aliphatic heterocycles. The second-order valence-electron chi connectivity index (χ2n) is 11.6. The van der Waals surface area contributed by atoms with Crippen LogP contribution in [0.2, 0.25) is 6.82 Å². The van der Waals surface area contributed by atoms with Crippen molar-refractivity contribution in [3.8, 4) is 0 Å². The minimum Gasteiger partial charge on any atom is -0.331 e. The maximum atomic E-state index is 2.66. The second-order valence-corrected chi connectivity index (χ2v) is 11.6. The molecule has 3 aliphatic rings.